The van der Waals surface area contributed by atoms with Crippen LogP contribution < -0.4 is 5.32 Å². The Balaban J connectivity index is 1.29. The van der Waals surface area contributed by atoms with Crippen molar-refractivity contribution >= 4 is 33.4 Å². The average Bonchev–Trinajstić information content (AvgIpc) is 3.18. The summed E-state index contributed by atoms with van der Waals surface area (Å²) in [6.07, 6.45) is 2.23. The van der Waals surface area contributed by atoms with Crippen molar-refractivity contribution in [1.82, 2.24) is 9.47 Å². The Bertz CT molecular complexity index is 1310. The van der Waals surface area contributed by atoms with Crippen molar-refractivity contribution in [3.63, 3.8) is 0 Å². The third-order valence-corrected chi connectivity index (χ3v) is 7.33. The van der Waals surface area contributed by atoms with Gasteiger partial charge in [-0.25, -0.2) is 0 Å². The fraction of sp³-hybridized carbons (Fsp3) is 0.367. The van der Waals surface area contributed by atoms with Gasteiger partial charge in [-0.15, -0.1) is 0 Å². The highest BCUT2D eigenvalue weighted by molar-refractivity contribution is 6.08. The van der Waals surface area contributed by atoms with Crippen molar-refractivity contribution in [3.8, 4) is 0 Å². The van der Waals surface area contributed by atoms with Gasteiger partial charge in [-0.2, -0.15) is 0 Å². The van der Waals surface area contributed by atoms with Crippen LogP contribution in [0.1, 0.15) is 50.7 Å². The molecule has 0 spiro atoms. The van der Waals surface area contributed by atoms with Gasteiger partial charge in [-0.1, -0.05) is 56.3 Å². The first-order valence-corrected chi connectivity index (χ1v) is 12.7. The molecule has 1 aromatic heterocycles. The molecule has 1 amide bonds. The summed E-state index contributed by atoms with van der Waals surface area (Å²) in [6, 6.07) is 24.1. The molecule has 0 radical (unpaired) electrons. The summed E-state index contributed by atoms with van der Waals surface area (Å²) in [4.78, 5) is 14.9. The Morgan fingerprint density at radius 1 is 0.941 bits per heavy atom. The fourth-order valence-corrected chi connectivity index (χ4v) is 5.44. The first-order valence-electron chi connectivity index (χ1n) is 12.7. The zero-order chi connectivity index (χ0) is 23.7. The second kappa shape index (κ2) is 9.63. The molecule has 1 saturated heterocycles. The van der Waals surface area contributed by atoms with Crippen LogP contribution in [0.15, 0.2) is 66.7 Å². The molecule has 0 bridgehead atoms. The maximum atomic E-state index is 12.3. The Labute approximate surface area is 202 Å². The van der Waals surface area contributed by atoms with Gasteiger partial charge in [0.15, 0.2) is 0 Å². The van der Waals surface area contributed by atoms with Crippen LogP contribution in [0.2, 0.25) is 0 Å². The van der Waals surface area contributed by atoms with E-state index in [1.165, 1.54) is 32.9 Å². The molecular formula is C30H35N3O. The summed E-state index contributed by atoms with van der Waals surface area (Å²) in [5.41, 5.74) is 6.30. The largest absolute Gasteiger partial charge is 0.341 e. The molecule has 0 atom stereocenters. The summed E-state index contributed by atoms with van der Waals surface area (Å²) < 4.78 is 2.41. The smallest absolute Gasteiger partial charge is 0.226 e. The first kappa shape index (κ1) is 22.7. The van der Waals surface area contributed by atoms with E-state index in [1.807, 2.05) is 26.0 Å². The van der Waals surface area contributed by atoms with E-state index in [1.54, 1.807) is 0 Å². The summed E-state index contributed by atoms with van der Waals surface area (Å²) >= 11 is 0. The minimum absolute atomic E-state index is 0.0152. The number of piperidine rings is 1. The van der Waals surface area contributed by atoms with E-state index in [0.29, 0.717) is 5.92 Å². The lowest BCUT2D eigenvalue weighted by atomic mass is 9.88. The van der Waals surface area contributed by atoms with Crippen molar-refractivity contribution in [2.24, 2.45) is 5.92 Å². The summed E-state index contributed by atoms with van der Waals surface area (Å²) in [6.45, 7) is 10.2. The van der Waals surface area contributed by atoms with E-state index in [9.17, 15) is 4.79 Å². The molecule has 1 aliphatic rings. The third-order valence-electron chi connectivity index (χ3n) is 7.33. The number of likely N-dealkylation sites (tertiary alicyclic amines) is 1. The minimum Gasteiger partial charge on any atom is -0.341 e. The highest BCUT2D eigenvalue weighted by atomic mass is 16.1. The van der Waals surface area contributed by atoms with Gasteiger partial charge in [0.2, 0.25) is 5.91 Å². The van der Waals surface area contributed by atoms with Crippen LogP contribution in [0.5, 0.6) is 0 Å². The number of aryl methyl sites for hydroxylation is 1. The van der Waals surface area contributed by atoms with Gasteiger partial charge in [0, 0.05) is 46.5 Å². The van der Waals surface area contributed by atoms with E-state index in [4.69, 9.17) is 0 Å². The zero-order valence-corrected chi connectivity index (χ0v) is 20.6. The van der Waals surface area contributed by atoms with Crippen molar-refractivity contribution in [2.75, 3.05) is 18.4 Å². The van der Waals surface area contributed by atoms with Crippen LogP contribution in [0.25, 0.3) is 21.8 Å². The van der Waals surface area contributed by atoms with Crippen LogP contribution in [-0.2, 0) is 17.9 Å². The molecule has 0 unspecified atom stereocenters. The molecule has 1 fully saturated rings. The molecule has 4 heteroatoms. The molecule has 1 N–H and O–H groups in total. The fourth-order valence-electron chi connectivity index (χ4n) is 5.44. The normalized spacial score (nSPS) is 15.4. The Morgan fingerprint density at radius 2 is 1.65 bits per heavy atom. The predicted octanol–water partition coefficient (Wildman–Crippen LogP) is 6.79. The molecule has 2 heterocycles. The molecule has 0 saturated carbocycles. The number of carbonyl (C=O) groups excluding carboxylic acids is 1. The zero-order valence-electron chi connectivity index (χ0n) is 20.6. The lowest BCUT2D eigenvalue weighted by molar-refractivity contribution is -0.118. The van der Waals surface area contributed by atoms with Gasteiger partial charge in [0.1, 0.15) is 0 Å². The van der Waals surface area contributed by atoms with Crippen LogP contribution in [0, 0.1) is 5.92 Å². The van der Waals surface area contributed by atoms with Gasteiger partial charge in [-0.05, 0) is 74.2 Å². The molecule has 176 valence electrons. The van der Waals surface area contributed by atoms with E-state index in [-0.39, 0.29) is 11.8 Å². The highest BCUT2D eigenvalue weighted by Gasteiger charge is 2.23. The van der Waals surface area contributed by atoms with Gasteiger partial charge >= 0.3 is 0 Å². The van der Waals surface area contributed by atoms with E-state index in [2.05, 4.69) is 76.3 Å². The molecule has 0 aliphatic carbocycles. The van der Waals surface area contributed by atoms with Crippen LogP contribution >= 0.6 is 0 Å². The number of hydrogen-bond donors (Lipinski definition) is 1. The molecule has 34 heavy (non-hydrogen) atoms. The molecule has 5 rings (SSSR count). The lowest BCUT2D eigenvalue weighted by Crippen LogP contribution is -2.32. The van der Waals surface area contributed by atoms with Crippen molar-refractivity contribution in [3.05, 3.63) is 77.9 Å². The standard InChI is InChI=1S/C30H35N3O/c1-4-33-28-12-8-6-10-25(28)26-19-22(13-14-29(26)33)20-32-17-15-23(16-18-32)24-9-5-7-11-27(24)31-30(34)21(2)3/h5-14,19,21,23H,4,15-18,20H2,1-3H3,(H,31,34). The lowest BCUT2D eigenvalue weighted by Gasteiger charge is -2.33. The number of carbonyl (C=O) groups is 1. The summed E-state index contributed by atoms with van der Waals surface area (Å²) in [7, 11) is 0. The number of anilines is 1. The molecule has 3 aromatic carbocycles. The average molecular weight is 454 g/mol. The molecular weight excluding hydrogens is 418 g/mol. The number of rotatable bonds is 6. The number of benzene rings is 3. The Hall–Kier alpha value is -3.11. The van der Waals surface area contributed by atoms with Crippen molar-refractivity contribution in [1.29, 1.82) is 0 Å². The SMILES string of the molecule is CCn1c2ccccc2c2cc(CN3CCC(c4ccccc4NC(=O)C(C)C)CC3)ccc21. The maximum Gasteiger partial charge on any atom is 0.226 e. The van der Waals surface area contributed by atoms with Crippen LogP contribution in [0.3, 0.4) is 0 Å². The molecule has 4 aromatic rings. The summed E-state index contributed by atoms with van der Waals surface area (Å²) in [5, 5.41) is 5.85. The minimum atomic E-state index is -0.0152. The van der Waals surface area contributed by atoms with Crippen molar-refractivity contribution < 1.29 is 4.79 Å². The van der Waals surface area contributed by atoms with E-state index in [0.717, 1.165) is 44.7 Å². The first-order chi connectivity index (χ1) is 16.5. The van der Waals surface area contributed by atoms with Crippen LogP contribution in [-0.4, -0.2) is 28.5 Å². The second-order valence-electron chi connectivity index (χ2n) is 9.89. The monoisotopic (exact) mass is 453 g/mol. The maximum absolute atomic E-state index is 12.3. The Morgan fingerprint density at radius 3 is 2.41 bits per heavy atom. The summed E-state index contributed by atoms with van der Waals surface area (Å²) in [5.74, 6) is 0.563. The Kier molecular flexibility index (Phi) is 6.42. The second-order valence-corrected chi connectivity index (χ2v) is 9.89. The third kappa shape index (κ3) is 4.35. The topological polar surface area (TPSA) is 37.3 Å². The highest BCUT2D eigenvalue weighted by Crippen LogP contribution is 2.34. The van der Waals surface area contributed by atoms with E-state index >= 15 is 0 Å². The number of nitrogens with zero attached hydrogens (tertiary/aromatic N) is 2. The van der Waals surface area contributed by atoms with Gasteiger partial charge in [0.05, 0.1) is 0 Å². The number of hydrogen-bond acceptors (Lipinski definition) is 2. The predicted molar refractivity (Wildman–Crippen MR) is 142 cm³/mol. The van der Waals surface area contributed by atoms with E-state index < -0.39 is 0 Å². The quantitative estimate of drug-likeness (QED) is 0.349. The number of aromatic nitrogens is 1. The number of nitrogens with one attached hydrogen (secondary N) is 1. The number of para-hydroxylation sites is 2. The van der Waals surface area contributed by atoms with Crippen LogP contribution in [0.4, 0.5) is 5.69 Å². The van der Waals surface area contributed by atoms with Gasteiger partial charge in [-0.3, -0.25) is 9.69 Å². The molecule has 1 aliphatic heterocycles. The number of fused-ring (bicyclic) bond motifs is 3. The molecule has 4 nitrogen and oxygen atoms in total. The van der Waals surface area contributed by atoms with Crippen molar-refractivity contribution in [2.45, 2.75) is 52.6 Å². The number of amides is 1. The van der Waals surface area contributed by atoms with Gasteiger partial charge in [0.25, 0.3) is 0 Å². The van der Waals surface area contributed by atoms with Gasteiger partial charge < -0.3 is 9.88 Å².